The van der Waals surface area contributed by atoms with Gasteiger partial charge >= 0.3 is 6.03 Å². The molecule has 0 bridgehead atoms. The zero-order chi connectivity index (χ0) is 22.8. The molecule has 1 aromatic heterocycles. The Labute approximate surface area is 196 Å². The monoisotopic (exact) mass is 471 g/mol. The molecule has 1 aliphatic heterocycles. The van der Waals surface area contributed by atoms with E-state index in [9.17, 15) is 9.59 Å². The number of piperidine rings is 1. The number of aryl methyl sites for hydroxylation is 2. The largest absolute Gasteiger partial charge is 0.326 e. The number of carbonyl (C=O) groups excluding carboxylic acids is 2. The van der Waals surface area contributed by atoms with E-state index in [1.807, 2.05) is 32.0 Å². The molecule has 0 saturated carbocycles. The van der Waals surface area contributed by atoms with Gasteiger partial charge in [0.15, 0.2) is 0 Å². The second-order valence-corrected chi connectivity index (χ2v) is 8.72. The summed E-state index contributed by atoms with van der Waals surface area (Å²) >= 11 is 11.9. The van der Waals surface area contributed by atoms with Gasteiger partial charge in [0.1, 0.15) is 0 Å². The van der Waals surface area contributed by atoms with Gasteiger partial charge in [0, 0.05) is 30.4 Å². The van der Waals surface area contributed by atoms with Crippen LogP contribution in [0, 0.1) is 19.8 Å². The number of amides is 3. The third-order valence-corrected chi connectivity index (χ3v) is 6.41. The fraction of sp³-hybridized carbons (Fsp3) is 0.304. The Morgan fingerprint density at radius 2 is 1.50 bits per heavy atom. The van der Waals surface area contributed by atoms with E-state index in [1.54, 1.807) is 23.1 Å². The molecule has 1 aliphatic rings. The lowest BCUT2D eigenvalue weighted by Crippen LogP contribution is -2.43. The molecule has 3 aromatic rings. The van der Waals surface area contributed by atoms with E-state index in [2.05, 4.69) is 20.6 Å². The van der Waals surface area contributed by atoms with Gasteiger partial charge in [-0.1, -0.05) is 23.2 Å². The van der Waals surface area contributed by atoms with Crippen LogP contribution in [0.25, 0.3) is 11.0 Å². The van der Waals surface area contributed by atoms with Crippen molar-refractivity contribution < 1.29 is 9.59 Å². The minimum atomic E-state index is -0.190. The summed E-state index contributed by atoms with van der Waals surface area (Å²) in [4.78, 5) is 36.1. The lowest BCUT2D eigenvalue weighted by molar-refractivity contribution is -0.121. The number of rotatable bonds is 3. The van der Waals surface area contributed by atoms with E-state index < -0.39 is 0 Å². The molecule has 9 heteroatoms. The lowest BCUT2D eigenvalue weighted by Gasteiger charge is -2.31. The van der Waals surface area contributed by atoms with Gasteiger partial charge in [0.25, 0.3) is 0 Å². The van der Waals surface area contributed by atoms with Crippen LogP contribution in [0.1, 0.15) is 24.2 Å². The quantitative estimate of drug-likeness (QED) is 0.532. The van der Waals surface area contributed by atoms with Crippen LogP contribution in [0.3, 0.4) is 0 Å². The van der Waals surface area contributed by atoms with Crippen molar-refractivity contribution in [1.82, 2.24) is 14.9 Å². The molecule has 4 rings (SSSR count). The Balaban J connectivity index is 1.33. The van der Waals surface area contributed by atoms with E-state index in [0.29, 0.717) is 47.4 Å². The van der Waals surface area contributed by atoms with Crippen molar-refractivity contribution >= 4 is 57.5 Å². The van der Waals surface area contributed by atoms with Crippen molar-refractivity contribution in [2.75, 3.05) is 23.7 Å². The van der Waals surface area contributed by atoms with E-state index in [4.69, 9.17) is 23.2 Å². The predicted octanol–water partition coefficient (Wildman–Crippen LogP) is 5.44. The van der Waals surface area contributed by atoms with Crippen molar-refractivity contribution in [3.63, 3.8) is 0 Å². The summed E-state index contributed by atoms with van der Waals surface area (Å²) < 4.78 is 0. The Hall–Kier alpha value is -2.90. The summed E-state index contributed by atoms with van der Waals surface area (Å²) in [6, 6.07) is 10.3. The summed E-state index contributed by atoms with van der Waals surface area (Å²) in [5.41, 5.74) is 4.56. The van der Waals surface area contributed by atoms with Crippen LogP contribution in [0.15, 0.2) is 36.4 Å². The number of nitrogens with one attached hydrogen (secondary N) is 2. The number of hydrogen-bond donors (Lipinski definition) is 2. The van der Waals surface area contributed by atoms with Gasteiger partial charge in [0.2, 0.25) is 5.91 Å². The number of urea groups is 1. The Bertz CT molecular complexity index is 1190. The van der Waals surface area contributed by atoms with Gasteiger partial charge in [-0.05, 0) is 63.1 Å². The molecule has 166 valence electrons. The fourth-order valence-electron chi connectivity index (χ4n) is 3.67. The third kappa shape index (κ3) is 4.95. The van der Waals surface area contributed by atoms with Gasteiger partial charge in [-0.3, -0.25) is 4.79 Å². The van der Waals surface area contributed by atoms with Gasteiger partial charge in [0.05, 0.1) is 32.5 Å². The van der Waals surface area contributed by atoms with Crippen LogP contribution in [-0.4, -0.2) is 39.9 Å². The van der Waals surface area contributed by atoms with Gasteiger partial charge < -0.3 is 15.5 Å². The van der Waals surface area contributed by atoms with Crippen LogP contribution in [-0.2, 0) is 4.79 Å². The zero-order valence-electron chi connectivity index (χ0n) is 17.8. The molecule has 32 heavy (non-hydrogen) atoms. The van der Waals surface area contributed by atoms with Crippen LogP contribution in [0.4, 0.5) is 16.2 Å². The van der Waals surface area contributed by atoms with Crippen LogP contribution in [0.2, 0.25) is 10.0 Å². The summed E-state index contributed by atoms with van der Waals surface area (Å²) in [5.74, 6) is -0.252. The molecule has 0 radical (unpaired) electrons. The number of fused-ring (bicyclic) bond motifs is 1. The molecule has 0 unspecified atom stereocenters. The molecule has 1 fully saturated rings. The summed E-state index contributed by atoms with van der Waals surface area (Å²) in [5, 5.41) is 6.63. The molecule has 0 spiro atoms. The molecular formula is C23H23Cl2N5O2. The number of halogens is 2. The molecule has 2 aromatic carbocycles. The van der Waals surface area contributed by atoms with E-state index in [0.717, 1.165) is 22.4 Å². The number of hydrogen-bond acceptors (Lipinski definition) is 4. The van der Waals surface area contributed by atoms with E-state index >= 15 is 0 Å². The molecule has 2 heterocycles. The van der Waals surface area contributed by atoms with Crippen molar-refractivity contribution in [2.24, 2.45) is 5.92 Å². The normalized spacial score (nSPS) is 14.4. The number of likely N-dealkylation sites (tertiary alicyclic amines) is 1. The highest BCUT2D eigenvalue weighted by atomic mass is 35.5. The van der Waals surface area contributed by atoms with Crippen LogP contribution < -0.4 is 10.6 Å². The first kappa shape index (κ1) is 22.3. The first-order valence-corrected chi connectivity index (χ1v) is 11.1. The maximum Gasteiger partial charge on any atom is 0.321 e. The van der Waals surface area contributed by atoms with Gasteiger partial charge in [-0.2, -0.15) is 0 Å². The molecule has 1 saturated heterocycles. The van der Waals surface area contributed by atoms with Crippen LogP contribution >= 0.6 is 23.2 Å². The molecule has 3 amide bonds. The molecular weight excluding hydrogens is 449 g/mol. The predicted molar refractivity (Wildman–Crippen MR) is 127 cm³/mol. The number of anilines is 2. The highest BCUT2D eigenvalue weighted by Crippen LogP contribution is 2.26. The maximum atomic E-state index is 12.7. The first-order chi connectivity index (χ1) is 15.3. The molecule has 0 aliphatic carbocycles. The Morgan fingerprint density at radius 3 is 2.19 bits per heavy atom. The number of carbonyl (C=O) groups is 2. The molecule has 2 N–H and O–H groups in total. The second-order valence-electron chi connectivity index (χ2n) is 7.91. The second kappa shape index (κ2) is 9.30. The molecule has 0 atom stereocenters. The van der Waals surface area contributed by atoms with Gasteiger partial charge in [-0.25, -0.2) is 14.8 Å². The smallest absolute Gasteiger partial charge is 0.321 e. The Morgan fingerprint density at radius 1 is 0.875 bits per heavy atom. The average molecular weight is 472 g/mol. The van der Waals surface area contributed by atoms with Crippen molar-refractivity contribution in [3.8, 4) is 0 Å². The van der Waals surface area contributed by atoms with Crippen LogP contribution in [0.5, 0.6) is 0 Å². The van der Waals surface area contributed by atoms with E-state index in [-0.39, 0.29) is 17.9 Å². The highest BCUT2D eigenvalue weighted by Gasteiger charge is 2.27. The minimum Gasteiger partial charge on any atom is -0.326 e. The minimum absolute atomic E-state index is 0.0813. The van der Waals surface area contributed by atoms with Crippen molar-refractivity contribution in [1.29, 1.82) is 0 Å². The zero-order valence-corrected chi connectivity index (χ0v) is 19.3. The van der Waals surface area contributed by atoms with Gasteiger partial charge in [-0.15, -0.1) is 0 Å². The summed E-state index contributed by atoms with van der Waals surface area (Å²) in [6.07, 6.45) is 1.17. The summed E-state index contributed by atoms with van der Waals surface area (Å²) in [7, 11) is 0. The molecule has 7 nitrogen and oxygen atoms in total. The first-order valence-electron chi connectivity index (χ1n) is 10.4. The standard InChI is InChI=1S/C23H23Cl2N5O2/c1-13-14(2)27-21-12-17(4-6-20(21)26-13)29-23(32)30-9-7-15(8-10-30)22(31)28-16-3-5-18(24)19(25)11-16/h3-6,11-12,15H,7-10H2,1-2H3,(H,28,31)(H,29,32). The SMILES string of the molecule is Cc1nc2ccc(NC(=O)N3CCC(C(=O)Nc4ccc(Cl)c(Cl)c4)CC3)cc2nc1C. The topological polar surface area (TPSA) is 87.2 Å². The average Bonchev–Trinajstić information content (AvgIpc) is 2.77. The number of benzene rings is 2. The highest BCUT2D eigenvalue weighted by molar-refractivity contribution is 6.42. The third-order valence-electron chi connectivity index (χ3n) is 5.67. The number of aromatic nitrogens is 2. The maximum absolute atomic E-state index is 12.7. The number of nitrogens with zero attached hydrogens (tertiary/aromatic N) is 3. The Kier molecular flexibility index (Phi) is 6.48. The van der Waals surface area contributed by atoms with Crippen molar-refractivity contribution in [2.45, 2.75) is 26.7 Å². The summed E-state index contributed by atoms with van der Waals surface area (Å²) in [6.45, 7) is 4.83. The lowest BCUT2D eigenvalue weighted by atomic mass is 9.96. The van der Waals surface area contributed by atoms with E-state index in [1.165, 1.54) is 0 Å². The fourth-order valence-corrected chi connectivity index (χ4v) is 3.97. The van der Waals surface area contributed by atoms with Crippen molar-refractivity contribution in [3.05, 3.63) is 57.8 Å².